The molecule has 1 atom stereocenters. The fraction of sp³-hybridized carbons (Fsp3) is 0.600. The van der Waals surface area contributed by atoms with Crippen molar-refractivity contribution in [2.24, 2.45) is 5.73 Å². The van der Waals surface area contributed by atoms with Crippen LogP contribution in [0.5, 0.6) is 0 Å². The van der Waals surface area contributed by atoms with Crippen molar-refractivity contribution in [2.45, 2.75) is 38.1 Å². The molecule has 4 heteroatoms. The predicted molar refractivity (Wildman–Crippen MR) is 77.9 cm³/mol. The summed E-state index contributed by atoms with van der Waals surface area (Å²) in [5.74, 6) is -0.284. The van der Waals surface area contributed by atoms with Gasteiger partial charge in [0, 0.05) is 17.6 Å². The molecule has 0 spiro atoms. The first-order valence-electron chi connectivity index (χ1n) is 7.11. The fourth-order valence-electron chi connectivity index (χ4n) is 2.85. The SMILES string of the molecule is NCC(c1cc(F)cc(Cl)c1)N1CCCCCCC1. The van der Waals surface area contributed by atoms with Crippen LogP contribution in [-0.4, -0.2) is 24.5 Å². The third-order valence-corrected chi connectivity index (χ3v) is 4.04. The predicted octanol–water partition coefficient (Wildman–Crippen LogP) is 3.75. The van der Waals surface area contributed by atoms with Gasteiger partial charge in [0.2, 0.25) is 0 Å². The summed E-state index contributed by atoms with van der Waals surface area (Å²) < 4.78 is 13.5. The number of halogens is 2. The van der Waals surface area contributed by atoms with Crippen molar-refractivity contribution in [3.05, 3.63) is 34.6 Å². The molecule has 0 bridgehead atoms. The topological polar surface area (TPSA) is 29.3 Å². The maximum atomic E-state index is 13.5. The second kappa shape index (κ2) is 7.22. The lowest BCUT2D eigenvalue weighted by Gasteiger charge is -2.32. The van der Waals surface area contributed by atoms with Crippen LogP contribution in [0.1, 0.15) is 43.7 Å². The Labute approximate surface area is 119 Å². The van der Waals surface area contributed by atoms with Crippen molar-refractivity contribution in [1.82, 2.24) is 4.90 Å². The quantitative estimate of drug-likeness (QED) is 0.916. The molecule has 1 unspecified atom stereocenters. The molecular weight excluding hydrogens is 263 g/mol. The molecule has 0 aromatic heterocycles. The number of nitrogens with two attached hydrogens (primary N) is 1. The van der Waals surface area contributed by atoms with Gasteiger partial charge in [-0.05, 0) is 49.7 Å². The molecule has 0 saturated carbocycles. The summed E-state index contributed by atoms with van der Waals surface area (Å²) in [5, 5.41) is 0.445. The number of hydrogen-bond donors (Lipinski definition) is 1. The van der Waals surface area contributed by atoms with Crippen LogP contribution in [0.15, 0.2) is 18.2 Å². The average Bonchev–Trinajstić information content (AvgIpc) is 2.31. The zero-order valence-corrected chi connectivity index (χ0v) is 12.0. The largest absolute Gasteiger partial charge is 0.329 e. The van der Waals surface area contributed by atoms with Crippen molar-refractivity contribution < 1.29 is 4.39 Å². The Morgan fingerprint density at radius 3 is 2.32 bits per heavy atom. The van der Waals surface area contributed by atoms with E-state index in [1.54, 1.807) is 6.07 Å². The molecule has 2 rings (SSSR count). The van der Waals surface area contributed by atoms with Gasteiger partial charge in [0.05, 0.1) is 0 Å². The van der Waals surface area contributed by atoms with E-state index in [1.807, 2.05) is 6.07 Å². The fourth-order valence-corrected chi connectivity index (χ4v) is 3.08. The van der Waals surface area contributed by atoms with Gasteiger partial charge in [0.15, 0.2) is 0 Å². The Balaban J connectivity index is 2.16. The van der Waals surface area contributed by atoms with Crippen LogP contribution in [0.25, 0.3) is 0 Å². The summed E-state index contributed by atoms with van der Waals surface area (Å²) in [6, 6.07) is 4.81. The summed E-state index contributed by atoms with van der Waals surface area (Å²) in [4.78, 5) is 2.38. The Bertz CT molecular complexity index is 383. The number of hydrogen-bond acceptors (Lipinski definition) is 2. The van der Waals surface area contributed by atoms with Gasteiger partial charge in [-0.1, -0.05) is 30.9 Å². The smallest absolute Gasteiger partial charge is 0.125 e. The first-order chi connectivity index (χ1) is 9.20. The summed E-state index contributed by atoms with van der Waals surface area (Å²) in [5.41, 5.74) is 6.82. The van der Waals surface area contributed by atoms with Gasteiger partial charge in [-0.3, -0.25) is 4.90 Å². The number of rotatable bonds is 3. The van der Waals surface area contributed by atoms with Crippen LogP contribution >= 0.6 is 11.6 Å². The van der Waals surface area contributed by atoms with Crippen molar-refractivity contribution in [3.63, 3.8) is 0 Å². The highest BCUT2D eigenvalue weighted by atomic mass is 35.5. The molecule has 1 aromatic rings. The Hall–Kier alpha value is -0.640. The van der Waals surface area contributed by atoms with Crippen LogP contribution in [-0.2, 0) is 0 Å². The van der Waals surface area contributed by atoms with Crippen LogP contribution in [0.2, 0.25) is 5.02 Å². The van der Waals surface area contributed by atoms with Gasteiger partial charge in [-0.2, -0.15) is 0 Å². The molecule has 2 nitrogen and oxygen atoms in total. The van der Waals surface area contributed by atoms with Crippen LogP contribution < -0.4 is 5.73 Å². The number of benzene rings is 1. The van der Waals surface area contributed by atoms with E-state index in [0.29, 0.717) is 11.6 Å². The molecule has 1 heterocycles. The Kier molecular flexibility index (Phi) is 5.61. The molecule has 1 aliphatic heterocycles. The lowest BCUT2D eigenvalue weighted by Crippen LogP contribution is -2.36. The molecule has 106 valence electrons. The third kappa shape index (κ3) is 4.16. The normalized spacial score (nSPS) is 19.7. The summed E-state index contributed by atoms with van der Waals surface area (Å²) in [6.45, 7) is 2.58. The molecule has 1 fully saturated rings. The van der Waals surface area contributed by atoms with E-state index >= 15 is 0 Å². The van der Waals surface area contributed by atoms with Gasteiger partial charge < -0.3 is 5.73 Å². The highest BCUT2D eigenvalue weighted by molar-refractivity contribution is 6.30. The number of likely N-dealkylation sites (tertiary alicyclic amines) is 1. The van der Waals surface area contributed by atoms with E-state index < -0.39 is 0 Å². The molecular formula is C15H22ClFN2. The van der Waals surface area contributed by atoms with Gasteiger partial charge in [-0.25, -0.2) is 4.39 Å². The second-order valence-corrected chi connectivity index (χ2v) is 5.69. The van der Waals surface area contributed by atoms with Crippen LogP contribution in [0, 0.1) is 5.82 Å². The standard InChI is InChI=1S/C15H22ClFN2/c16-13-8-12(9-14(17)10-13)15(11-18)19-6-4-2-1-3-5-7-19/h8-10,15H,1-7,11,18H2. The third-order valence-electron chi connectivity index (χ3n) is 3.82. The second-order valence-electron chi connectivity index (χ2n) is 5.26. The summed E-state index contributed by atoms with van der Waals surface area (Å²) >= 11 is 5.95. The highest BCUT2D eigenvalue weighted by Gasteiger charge is 2.20. The van der Waals surface area contributed by atoms with Crippen LogP contribution in [0.3, 0.4) is 0 Å². The zero-order chi connectivity index (χ0) is 13.7. The monoisotopic (exact) mass is 284 g/mol. The van der Waals surface area contributed by atoms with E-state index in [-0.39, 0.29) is 11.9 Å². The van der Waals surface area contributed by atoms with Crippen LogP contribution in [0.4, 0.5) is 4.39 Å². The lowest BCUT2D eigenvalue weighted by atomic mass is 10.0. The zero-order valence-electron chi connectivity index (χ0n) is 11.2. The van der Waals surface area contributed by atoms with Gasteiger partial charge in [0.1, 0.15) is 5.82 Å². The van der Waals surface area contributed by atoms with Gasteiger partial charge >= 0.3 is 0 Å². The van der Waals surface area contributed by atoms with E-state index in [1.165, 1.54) is 38.2 Å². The molecule has 1 aliphatic rings. The van der Waals surface area contributed by atoms with Crippen molar-refractivity contribution >= 4 is 11.6 Å². The molecule has 1 aromatic carbocycles. The minimum atomic E-state index is -0.284. The molecule has 0 amide bonds. The first kappa shape index (κ1) is 14.8. The lowest BCUT2D eigenvalue weighted by molar-refractivity contribution is 0.183. The van der Waals surface area contributed by atoms with Gasteiger partial charge in [-0.15, -0.1) is 0 Å². The molecule has 1 saturated heterocycles. The van der Waals surface area contributed by atoms with E-state index in [2.05, 4.69) is 4.90 Å². The first-order valence-corrected chi connectivity index (χ1v) is 7.48. The maximum Gasteiger partial charge on any atom is 0.125 e. The molecule has 19 heavy (non-hydrogen) atoms. The van der Waals surface area contributed by atoms with Gasteiger partial charge in [0.25, 0.3) is 0 Å². The average molecular weight is 285 g/mol. The molecule has 0 aliphatic carbocycles. The van der Waals surface area contributed by atoms with E-state index in [9.17, 15) is 4.39 Å². The Morgan fingerprint density at radius 2 is 1.74 bits per heavy atom. The highest BCUT2D eigenvalue weighted by Crippen LogP contribution is 2.26. The minimum Gasteiger partial charge on any atom is -0.329 e. The van der Waals surface area contributed by atoms with E-state index in [4.69, 9.17) is 17.3 Å². The molecule has 2 N–H and O–H groups in total. The van der Waals surface area contributed by atoms with E-state index in [0.717, 1.165) is 18.7 Å². The summed E-state index contributed by atoms with van der Waals surface area (Å²) in [7, 11) is 0. The Morgan fingerprint density at radius 1 is 1.11 bits per heavy atom. The van der Waals surface area contributed by atoms with Crippen molar-refractivity contribution in [3.8, 4) is 0 Å². The minimum absolute atomic E-state index is 0.0753. The molecule has 0 radical (unpaired) electrons. The summed E-state index contributed by atoms with van der Waals surface area (Å²) in [6.07, 6.45) is 6.27. The van der Waals surface area contributed by atoms with Crippen molar-refractivity contribution in [1.29, 1.82) is 0 Å². The maximum absolute atomic E-state index is 13.5. The number of nitrogens with zero attached hydrogens (tertiary/aromatic N) is 1. The van der Waals surface area contributed by atoms with Crippen molar-refractivity contribution in [2.75, 3.05) is 19.6 Å².